The smallest absolute Gasteiger partial charge is 0.321 e. The van der Waals surface area contributed by atoms with E-state index in [4.69, 9.17) is 11.6 Å². The predicted molar refractivity (Wildman–Crippen MR) is 112 cm³/mol. The third kappa shape index (κ3) is 4.65. The van der Waals surface area contributed by atoms with Crippen molar-refractivity contribution in [3.63, 3.8) is 0 Å². The fourth-order valence-electron chi connectivity index (χ4n) is 3.55. The lowest BCUT2D eigenvalue weighted by Gasteiger charge is -2.39. The summed E-state index contributed by atoms with van der Waals surface area (Å²) in [5.74, 6) is -0.0222. The molecule has 5 nitrogen and oxygen atoms in total. The molecule has 0 bridgehead atoms. The topological polar surface area (TPSA) is 61.4 Å². The van der Waals surface area contributed by atoms with Crippen LogP contribution in [-0.2, 0) is 11.3 Å². The molecule has 0 aromatic heterocycles. The molecule has 148 valence electrons. The lowest BCUT2D eigenvalue weighted by molar-refractivity contribution is -0.132. The number of halogens is 1. The second kappa shape index (κ2) is 8.65. The van der Waals surface area contributed by atoms with Crippen molar-refractivity contribution < 1.29 is 9.59 Å². The molecule has 1 heterocycles. The van der Waals surface area contributed by atoms with E-state index in [0.717, 1.165) is 24.0 Å². The average molecular weight is 400 g/mol. The van der Waals surface area contributed by atoms with E-state index in [1.807, 2.05) is 50.2 Å². The monoisotopic (exact) mass is 399 g/mol. The largest absolute Gasteiger partial charge is 0.351 e. The summed E-state index contributed by atoms with van der Waals surface area (Å²) in [5, 5.41) is 6.39. The zero-order chi connectivity index (χ0) is 20.1. The highest BCUT2D eigenvalue weighted by molar-refractivity contribution is 6.33. The maximum Gasteiger partial charge on any atom is 0.321 e. The van der Waals surface area contributed by atoms with Crippen LogP contribution in [0.5, 0.6) is 0 Å². The van der Waals surface area contributed by atoms with Crippen LogP contribution in [-0.4, -0.2) is 29.9 Å². The first-order valence-corrected chi connectivity index (χ1v) is 9.90. The minimum absolute atomic E-state index is 0.0222. The van der Waals surface area contributed by atoms with E-state index in [0.29, 0.717) is 30.3 Å². The van der Waals surface area contributed by atoms with E-state index in [1.165, 1.54) is 0 Å². The van der Waals surface area contributed by atoms with Crippen LogP contribution in [0.4, 0.5) is 10.5 Å². The summed E-state index contributed by atoms with van der Waals surface area (Å²) >= 11 is 6.13. The number of urea groups is 1. The SMILES string of the molecule is Cc1ccccc1CNC(=O)[C@@]1(C)CCCN(C(=O)Nc2ccccc2Cl)C1. The van der Waals surface area contributed by atoms with Gasteiger partial charge in [-0.25, -0.2) is 4.79 Å². The van der Waals surface area contributed by atoms with Gasteiger partial charge in [0.15, 0.2) is 0 Å². The van der Waals surface area contributed by atoms with Crippen molar-refractivity contribution in [1.82, 2.24) is 10.2 Å². The van der Waals surface area contributed by atoms with E-state index in [1.54, 1.807) is 17.0 Å². The number of carbonyl (C=O) groups excluding carboxylic acids is 2. The van der Waals surface area contributed by atoms with E-state index >= 15 is 0 Å². The van der Waals surface area contributed by atoms with Crippen LogP contribution < -0.4 is 10.6 Å². The molecule has 3 amide bonds. The quantitative estimate of drug-likeness (QED) is 0.789. The molecule has 1 saturated heterocycles. The Bertz CT molecular complexity index is 870. The van der Waals surface area contributed by atoms with Crippen LogP contribution in [0.25, 0.3) is 0 Å². The Morgan fingerprint density at radius 3 is 2.61 bits per heavy atom. The molecule has 1 atom stereocenters. The number of benzene rings is 2. The normalized spacial score (nSPS) is 19.2. The van der Waals surface area contributed by atoms with Gasteiger partial charge in [0.1, 0.15) is 0 Å². The molecule has 2 N–H and O–H groups in total. The Kier molecular flexibility index (Phi) is 6.25. The number of likely N-dealkylation sites (tertiary alicyclic amines) is 1. The fourth-order valence-corrected chi connectivity index (χ4v) is 3.74. The van der Waals surface area contributed by atoms with Crippen molar-refractivity contribution in [2.24, 2.45) is 5.41 Å². The Labute approximate surface area is 171 Å². The van der Waals surface area contributed by atoms with Crippen molar-refractivity contribution in [3.05, 3.63) is 64.7 Å². The number of carbonyl (C=O) groups is 2. The second-order valence-electron chi connectivity index (χ2n) is 7.60. The third-order valence-electron chi connectivity index (χ3n) is 5.35. The van der Waals surface area contributed by atoms with Crippen LogP contribution >= 0.6 is 11.6 Å². The van der Waals surface area contributed by atoms with E-state index in [-0.39, 0.29) is 11.9 Å². The minimum atomic E-state index is -0.612. The summed E-state index contributed by atoms with van der Waals surface area (Å²) in [6.45, 7) is 5.45. The lowest BCUT2D eigenvalue weighted by Crippen LogP contribution is -2.52. The van der Waals surface area contributed by atoms with Crippen molar-refractivity contribution in [3.8, 4) is 0 Å². The van der Waals surface area contributed by atoms with E-state index in [9.17, 15) is 9.59 Å². The molecule has 28 heavy (non-hydrogen) atoms. The van der Waals surface area contributed by atoms with E-state index < -0.39 is 5.41 Å². The Morgan fingerprint density at radius 2 is 1.86 bits per heavy atom. The first-order valence-electron chi connectivity index (χ1n) is 9.52. The molecule has 1 aliphatic heterocycles. The van der Waals surface area contributed by atoms with Gasteiger partial charge in [-0.3, -0.25) is 4.79 Å². The van der Waals surface area contributed by atoms with Gasteiger partial charge in [-0.2, -0.15) is 0 Å². The number of hydrogen-bond donors (Lipinski definition) is 2. The first-order chi connectivity index (χ1) is 13.4. The number of para-hydroxylation sites is 1. The molecule has 1 aliphatic rings. The second-order valence-corrected chi connectivity index (χ2v) is 8.01. The zero-order valence-electron chi connectivity index (χ0n) is 16.3. The molecule has 0 radical (unpaired) electrons. The maximum absolute atomic E-state index is 12.9. The average Bonchev–Trinajstić information content (AvgIpc) is 2.69. The van der Waals surface area contributed by atoms with E-state index in [2.05, 4.69) is 10.6 Å². The van der Waals surface area contributed by atoms with Gasteiger partial charge >= 0.3 is 6.03 Å². The molecule has 1 fully saturated rings. The van der Waals surface area contributed by atoms with Gasteiger partial charge in [-0.15, -0.1) is 0 Å². The van der Waals surface area contributed by atoms with Crippen molar-refractivity contribution in [1.29, 1.82) is 0 Å². The van der Waals surface area contributed by atoms with Gasteiger partial charge in [0.25, 0.3) is 0 Å². The molecule has 2 aromatic carbocycles. The molecule has 3 rings (SSSR count). The summed E-state index contributed by atoms with van der Waals surface area (Å²) in [6.07, 6.45) is 1.53. The minimum Gasteiger partial charge on any atom is -0.351 e. The highest BCUT2D eigenvalue weighted by atomic mass is 35.5. The van der Waals surface area contributed by atoms with Gasteiger partial charge < -0.3 is 15.5 Å². The maximum atomic E-state index is 12.9. The van der Waals surface area contributed by atoms with Crippen molar-refractivity contribution in [2.45, 2.75) is 33.2 Å². The molecular weight excluding hydrogens is 374 g/mol. The molecule has 0 spiro atoms. The fraction of sp³-hybridized carbons (Fsp3) is 0.364. The molecule has 2 aromatic rings. The van der Waals surface area contributed by atoms with Gasteiger partial charge in [-0.05, 0) is 49.9 Å². The number of piperidine rings is 1. The highest BCUT2D eigenvalue weighted by Gasteiger charge is 2.39. The Hall–Kier alpha value is -2.53. The predicted octanol–water partition coefficient (Wildman–Crippen LogP) is 4.60. The molecule has 0 unspecified atom stereocenters. The number of amides is 3. The Morgan fingerprint density at radius 1 is 1.14 bits per heavy atom. The van der Waals surface area contributed by atoms with Gasteiger partial charge in [0.2, 0.25) is 5.91 Å². The molecular formula is C22H26ClN3O2. The number of hydrogen-bond acceptors (Lipinski definition) is 2. The van der Waals surface area contributed by atoms with Crippen LogP contribution in [0.1, 0.15) is 30.9 Å². The number of rotatable bonds is 4. The molecule has 0 aliphatic carbocycles. The van der Waals surface area contributed by atoms with Crippen LogP contribution in [0.3, 0.4) is 0 Å². The lowest BCUT2D eigenvalue weighted by atomic mass is 9.81. The van der Waals surface area contributed by atoms with Gasteiger partial charge in [-0.1, -0.05) is 48.0 Å². The van der Waals surface area contributed by atoms with Crippen molar-refractivity contribution in [2.75, 3.05) is 18.4 Å². The first kappa shape index (κ1) is 20.2. The third-order valence-corrected chi connectivity index (χ3v) is 5.68. The number of nitrogens with one attached hydrogen (secondary N) is 2. The Balaban J connectivity index is 1.62. The standard InChI is InChI=1S/C22H26ClN3O2/c1-16-8-3-4-9-17(16)14-24-20(27)22(2)12-7-13-26(15-22)21(28)25-19-11-6-5-10-18(19)23/h3-6,8-11H,7,12-15H2,1-2H3,(H,24,27)(H,25,28)/t22-/m0/s1. The highest BCUT2D eigenvalue weighted by Crippen LogP contribution is 2.31. The van der Waals surface area contributed by atoms with Gasteiger partial charge in [0, 0.05) is 19.6 Å². The summed E-state index contributed by atoms with van der Waals surface area (Å²) in [6, 6.07) is 14.9. The van der Waals surface area contributed by atoms with Gasteiger partial charge in [0.05, 0.1) is 16.1 Å². The summed E-state index contributed by atoms with van der Waals surface area (Å²) in [7, 11) is 0. The zero-order valence-corrected chi connectivity index (χ0v) is 17.1. The van der Waals surface area contributed by atoms with Crippen molar-refractivity contribution >= 4 is 29.2 Å². The van der Waals surface area contributed by atoms with Crippen LogP contribution in [0, 0.1) is 12.3 Å². The summed E-state index contributed by atoms with van der Waals surface area (Å²) in [4.78, 5) is 27.3. The number of nitrogens with zero attached hydrogens (tertiary/aromatic N) is 1. The summed E-state index contributed by atoms with van der Waals surface area (Å²) < 4.78 is 0. The number of anilines is 1. The van der Waals surface area contributed by atoms with Crippen LogP contribution in [0.15, 0.2) is 48.5 Å². The number of aryl methyl sites for hydroxylation is 1. The molecule has 0 saturated carbocycles. The summed E-state index contributed by atoms with van der Waals surface area (Å²) in [5.41, 5.74) is 2.21. The molecule has 6 heteroatoms. The van der Waals surface area contributed by atoms with Crippen LogP contribution in [0.2, 0.25) is 5.02 Å².